The number of hydrogen-bond acceptors (Lipinski definition) is 2. The van der Waals surface area contributed by atoms with E-state index in [0.29, 0.717) is 23.7 Å². The van der Waals surface area contributed by atoms with E-state index in [9.17, 15) is 9.59 Å². The van der Waals surface area contributed by atoms with E-state index in [2.05, 4.69) is 21.2 Å². The lowest BCUT2D eigenvalue weighted by Crippen LogP contribution is -2.48. The normalized spacial score (nSPS) is 25.3. The summed E-state index contributed by atoms with van der Waals surface area (Å²) in [7, 11) is 0. The first-order valence-corrected chi connectivity index (χ1v) is 7.79. The van der Waals surface area contributed by atoms with Gasteiger partial charge in [0.1, 0.15) is 0 Å². The van der Waals surface area contributed by atoms with E-state index < -0.39 is 0 Å². The highest BCUT2D eigenvalue weighted by atomic mass is 79.9. The molecule has 2 atom stereocenters. The van der Waals surface area contributed by atoms with Crippen LogP contribution in [0.25, 0.3) is 0 Å². The predicted octanol–water partition coefficient (Wildman–Crippen LogP) is 2.45. The van der Waals surface area contributed by atoms with Crippen molar-refractivity contribution in [1.82, 2.24) is 10.2 Å². The van der Waals surface area contributed by atoms with Gasteiger partial charge in [0.25, 0.3) is 5.91 Å². The Bertz CT molecular complexity index is 578. The van der Waals surface area contributed by atoms with Crippen LogP contribution in [0.4, 0.5) is 0 Å². The molecule has 1 N–H and O–H groups in total. The standard InChI is InChI=1S/C14H14BrClN2O2/c15-8-3-4-11(16)10(6-8)14(20)18-5-1-2-9-12(18)7-17-13(9)19/h3-4,6,9,12H,1-2,5,7H2,(H,17,19). The fraction of sp³-hybridized carbons (Fsp3) is 0.429. The van der Waals surface area contributed by atoms with Gasteiger partial charge in [0.15, 0.2) is 0 Å². The second-order valence-electron chi connectivity index (χ2n) is 5.18. The lowest BCUT2D eigenvalue weighted by Gasteiger charge is -2.36. The van der Waals surface area contributed by atoms with Gasteiger partial charge < -0.3 is 10.2 Å². The van der Waals surface area contributed by atoms with E-state index in [0.717, 1.165) is 17.3 Å². The number of nitrogens with zero attached hydrogens (tertiary/aromatic N) is 1. The first-order chi connectivity index (χ1) is 9.58. The number of carbonyl (C=O) groups excluding carboxylic acids is 2. The zero-order valence-corrected chi connectivity index (χ0v) is 13.1. The zero-order chi connectivity index (χ0) is 14.3. The smallest absolute Gasteiger partial charge is 0.255 e. The van der Waals surface area contributed by atoms with E-state index in [4.69, 9.17) is 11.6 Å². The molecular weight excluding hydrogens is 344 g/mol. The van der Waals surface area contributed by atoms with Crippen LogP contribution >= 0.6 is 27.5 Å². The summed E-state index contributed by atoms with van der Waals surface area (Å²) in [5.41, 5.74) is 0.487. The summed E-state index contributed by atoms with van der Waals surface area (Å²) in [5, 5.41) is 3.29. The maximum absolute atomic E-state index is 12.7. The van der Waals surface area contributed by atoms with Gasteiger partial charge in [0.05, 0.1) is 22.5 Å². The number of rotatable bonds is 1. The highest BCUT2D eigenvalue weighted by Crippen LogP contribution is 2.30. The molecule has 0 saturated carbocycles. The molecule has 20 heavy (non-hydrogen) atoms. The molecule has 1 aromatic carbocycles. The Morgan fingerprint density at radius 3 is 3.05 bits per heavy atom. The second kappa shape index (κ2) is 5.37. The highest BCUT2D eigenvalue weighted by molar-refractivity contribution is 9.10. The maximum Gasteiger partial charge on any atom is 0.255 e. The zero-order valence-electron chi connectivity index (χ0n) is 10.7. The maximum atomic E-state index is 12.7. The molecule has 2 fully saturated rings. The van der Waals surface area contributed by atoms with Crippen LogP contribution in [-0.2, 0) is 4.79 Å². The number of carbonyl (C=O) groups is 2. The third-order valence-corrected chi connectivity index (χ3v) is 4.84. The largest absolute Gasteiger partial charge is 0.354 e. The van der Waals surface area contributed by atoms with Crippen molar-refractivity contribution in [2.45, 2.75) is 18.9 Å². The van der Waals surface area contributed by atoms with Crippen molar-refractivity contribution in [1.29, 1.82) is 0 Å². The molecule has 4 nitrogen and oxygen atoms in total. The number of amides is 2. The topological polar surface area (TPSA) is 49.4 Å². The number of fused-ring (bicyclic) bond motifs is 1. The Morgan fingerprint density at radius 2 is 2.25 bits per heavy atom. The lowest BCUT2D eigenvalue weighted by molar-refractivity contribution is -0.123. The van der Waals surface area contributed by atoms with Crippen LogP contribution in [0.3, 0.4) is 0 Å². The summed E-state index contributed by atoms with van der Waals surface area (Å²) in [6.45, 7) is 1.22. The third-order valence-electron chi connectivity index (χ3n) is 4.02. The number of hydrogen-bond donors (Lipinski definition) is 1. The van der Waals surface area contributed by atoms with Crippen molar-refractivity contribution >= 4 is 39.3 Å². The summed E-state index contributed by atoms with van der Waals surface area (Å²) in [4.78, 5) is 26.2. The molecule has 2 unspecified atom stereocenters. The SMILES string of the molecule is O=C1NCC2C1CCCN2C(=O)c1cc(Br)ccc1Cl. The van der Waals surface area contributed by atoms with E-state index in [1.165, 1.54) is 0 Å². The van der Waals surface area contributed by atoms with Crippen LogP contribution in [0.15, 0.2) is 22.7 Å². The van der Waals surface area contributed by atoms with Crippen LogP contribution in [0, 0.1) is 5.92 Å². The number of benzene rings is 1. The van der Waals surface area contributed by atoms with Gasteiger partial charge in [-0.25, -0.2) is 0 Å². The van der Waals surface area contributed by atoms with Crippen LogP contribution in [-0.4, -0.2) is 35.8 Å². The molecule has 0 spiro atoms. The van der Waals surface area contributed by atoms with Crippen molar-refractivity contribution in [3.8, 4) is 0 Å². The number of likely N-dealkylation sites (tertiary alicyclic amines) is 1. The minimum atomic E-state index is -0.0949. The number of piperidine rings is 1. The number of halogens is 2. The van der Waals surface area contributed by atoms with Crippen LogP contribution in [0.5, 0.6) is 0 Å². The number of nitrogens with one attached hydrogen (secondary N) is 1. The van der Waals surface area contributed by atoms with Crippen molar-refractivity contribution in [2.24, 2.45) is 5.92 Å². The fourth-order valence-electron chi connectivity index (χ4n) is 3.02. The van der Waals surface area contributed by atoms with Crippen molar-refractivity contribution in [3.63, 3.8) is 0 Å². The molecule has 0 aliphatic carbocycles. The van der Waals surface area contributed by atoms with Crippen molar-refractivity contribution in [3.05, 3.63) is 33.3 Å². The molecule has 3 rings (SSSR count). The van der Waals surface area contributed by atoms with Gasteiger partial charge in [-0.3, -0.25) is 9.59 Å². The summed E-state index contributed by atoms with van der Waals surface area (Å²) >= 11 is 9.49. The minimum Gasteiger partial charge on any atom is -0.354 e. The van der Waals surface area contributed by atoms with Gasteiger partial charge in [0.2, 0.25) is 5.91 Å². The minimum absolute atomic E-state index is 0.0428. The predicted molar refractivity (Wildman–Crippen MR) is 79.7 cm³/mol. The summed E-state index contributed by atoms with van der Waals surface area (Å²) < 4.78 is 0.819. The molecule has 2 aliphatic rings. The molecule has 2 amide bonds. The summed E-state index contributed by atoms with van der Waals surface area (Å²) in [5.74, 6) is -0.103. The van der Waals surface area contributed by atoms with Gasteiger partial charge in [0, 0.05) is 17.6 Å². The lowest BCUT2D eigenvalue weighted by atomic mass is 9.91. The Kier molecular flexibility index (Phi) is 3.73. The molecule has 0 aromatic heterocycles. The van der Waals surface area contributed by atoms with Crippen molar-refractivity contribution in [2.75, 3.05) is 13.1 Å². The molecule has 106 valence electrons. The van der Waals surface area contributed by atoms with Gasteiger partial charge in [-0.1, -0.05) is 27.5 Å². The molecule has 1 aromatic rings. The third kappa shape index (κ3) is 2.33. The first kappa shape index (κ1) is 13.9. The Morgan fingerprint density at radius 1 is 1.45 bits per heavy atom. The second-order valence-corrected chi connectivity index (χ2v) is 6.51. The molecular formula is C14H14BrClN2O2. The van der Waals surface area contributed by atoms with Gasteiger partial charge in [-0.05, 0) is 31.0 Å². The quantitative estimate of drug-likeness (QED) is 0.839. The van der Waals surface area contributed by atoms with Crippen LogP contribution in [0.2, 0.25) is 5.02 Å². The molecule has 6 heteroatoms. The first-order valence-electron chi connectivity index (χ1n) is 6.61. The Hall–Kier alpha value is -1.07. The fourth-order valence-corrected chi connectivity index (χ4v) is 3.58. The van der Waals surface area contributed by atoms with Crippen LogP contribution < -0.4 is 5.32 Å². The van der Waals surface area contributed by atoms with E-state index in [-0.39, 0.29) is 23.8 Å². The average Bonchev–Trinajstić information content (AvgIpc) is 2.83. The average molecular weight is 358 g/mol. The molecule has 2 aliphatic heterocycles. The molecule has 0 bridgehead atoms. The van der Waals surface area contributed by atoms with E-state index in [1.54, 1.807) is 23.1 Å². The van der Waals surface area contributed by atoms with Crippen molar-refractivity contribution < 1.29 is 9.59 Å². The molecule has 2 saturated heterocycles. The van der Waals surface area contributed by atoms with Gasteiger partial charge in [-0.15, -0.1) is 0 Å². The van der Waals surface area contributed by atoms with E-state index >= 15 is 0 Å². The molecule has 2 heterocycles. The van der Waals surface area contributed by atoms with Gasteiger partial charge >= 0.3 is 0 Å². The van der Waals surface area contributed by atoms with Gasteiger partial charge in [-0.2, -0.15) is 0 Å². The van der Waals surface area contributed by atoms with Crippen LogP contribution in [0.1, 0.15) is 23.2 Å². The Labute approximate surface area is 130 Å². The Balaban J connectivity index is 1.90. The summed E-state index contributed by atoms with van der Waals surface area (Å²) in [6.07, 6.45) is 1.71. The molecule has 0 radical (unpaired) electrons. The summed E-state index contributed by atoms with van der Waals surface area (Å²) in [6, 6.07) is 5.20. The highest BCUT2D eigenvalue weighted by Gasteiger charge is 2.42. The monoisotopic (exact) mass is 356 g/mol. The van der Waals surface area contributed by atoms with E-state index in [1.807, 2.05) is 0 Å².